The number of carbonyl (C=O) groups is 1. The van der Waals surface area contributed by atoms with Gasteiger partial charge in [0.15, 0.2) is 6.10 Å². The number of ether oxygens (including phenoxy) is 1. The molecule has 0 saturated carbocycles. The van der Waals surface area contributed by atoms with E-state index in [4.69, 9.17) is 9.15 Å². The lowest BCUT2D eigenvalue weighted by atomic mass is 10.2. The number of aryl methyl sites for hydroxylation is 2. The third-order valence-corrected chi connectivity index (χ3v) is 4.97. The molecule has 7 nitrogen and oxygen atoms in total. The van der Waals surface area contributed by atoms with Crippen LogP contribution in [0.25, 0.3) is 21.8 Å². The minimum Gasteiger partial charge on any atom is -0.449 e. The summed E-state index contributed by atoms with van der Waals surface area (Å²) in [4.78, 5) is 22.3. The molecule has 0 aliphatic rings. The van der Waals surface area contributed by atoms with Crippen molar-refractivity contribution in [3.63, 3.8) is 0 Å². The van der Waals surface area contributed by atoms with E-state index in [0.29, 0.717) is 17.0 Å². The number of fused-ring (bicyclic) bond motifs is 1. The van der Waals surface area contributed by atoms with Crippen LogP contribution >= 0.6 is 11.3 Å². The normalized spacial score (nSPS) is 12.3. The summed E-state index contributed by atoms with van der Waals surface area (Å²) in [6, 6.07) is 8.90. The fourth-order valence-corrected chi connectivity index (χ4v) is 3.18. The molecule has 136 valence electrons. The molecule has 0 N–H and O–H groups in total. The molecule has 27 heavy (non-hydrogen) atoms. The second kappa shape index (κ2) is 6.88. The first-order valence-corrected chi connectivity index (χ1v) is 9.22. The Bertz CT molecular complexity index is 1120. The Labute approximate surface area is 159 Å². The van der Waals surface area contributed by atoms with E-state index in [1.807, 2.05) is 31.4 Å². The SMILES string of the molecule is Cc1nc2ccc(C(=O)OC(C)c3nnc(-c4cccs4)o3)cc2nc1C. The van der Waals surface area contributed by atoms with E-state index in [0.717, 1.165) is 21.8 Å². The van der Waals surface area contributed by atoms with Gasteiger partial charge in [-0.3, -0.25) is 0 Å². The molecule has 0 fully saturated rings. The van der Waals surface area contributed by atoms with E-state index in [9.17, 15) is 4.79 Å². The number of esters is 1. The van der Waals surface area contributed by atoms with Gasteiger partial charge in [-0.05, 0) is 50.4 Å². The van der Waals surface area contributed by atoms with Crippen molar-refractivity contribution >= 4 is 28.3 Å². The van der Waals surface area contributed by atoms with E-state index < -0.39 is 12.1 Å². The molecule has 0 aliphatic heterocycles. The third-order valence-electron chi connectivity index (χ3n) is 4.12. The number of carbonyl (C=O) groups excluding carboxylic acids is 1. The summed E-state index contributed by atoms with van der Waals surface area (Å²) in [6.07, 6.45) is -0.666. The molecular weight excluding hydrogens is 364 g/mol. The molecule has 0 aliphatic carbocycles. The van der Waals surface area contributed by atoms with Gasteiger partial charge >= 0.3 is 5.97 Å². The molecule has 0 spiro atoms. The van der Waals surface area contributed by atoms with Gasteiger partial charge in [-0.25, -0.2) is 14.8 Å². The van der Waals surface area contributed by atoms with E-state index in [2.05, 4.69) is 20.2 Å². The zero-order valence-electron chi connectivity index (χ0n) is 15.0. The van der Waals surface area contributed by atoms with Crippen LogP contribution in [0.3, 0.4) is 0 Å². The van der Waals surface area contributed by atoms with Crippen LogP contribution in [0.1, 0.15) is 40.7 Å². The zero-order valence-corrected chi connectivity index (χ0v) is 15.8. The van der Waals surface area contributed by atoms with Crippen molar-refractivity contribution in [1.82, 2.24) is 20.2 Å². The highest BCUT2D eigenvalue weighted by atomic mass is 32.1. The van der Waals surface area contributed by atoms with Crippen LogP contribution in [-0.4, -0.2) is 26.1 Å². The Kier molecular flexibility index (Phi) is 4.41. The smallest absolute Gasteiger partial charge is 0.338 e. The number of thiophene rings is 1. The van der Waals surface area contributed by atoms with Gasteiger partial charge in [-0.2, -0.15) is 0 Å². The number of hydrogen-bond acceptors (Lipinski definition) is 8. The summed E-state index contributed by atoms with van der Waals surface area (Å²) in [7, 11) is 0. The monoisotopic (exact) mass is 380 g/mol. The van der Waals surface area contributed by atoms with Crippen molar-refractivity contribution in [1.29, 1.82) is 0 Å². The quantitative estimate of drug-likeness (QED) is 0.488. The zero-order chi connectivity index (χ0) is 19.0. The Morgan fingerprint density at radius 1 is 1.11 bits per heavy atom. The van der Waals surface area contributed by atoms with Crippen LogP contribution in [0.5, 0.6) is 0 Å². The topological polar surface area (TPSA) is 91.0 Å². The predicted molar refractivity (Wildman–Crippen MR) is 100 cm³/mol. The van der Waals surface area contributed by atoms with E-state index in [-0.39, 0.29) is 5.89 Å². The molecule has 4 aromatic rings. The number of nitrogens with zero attached hydrogens (tertiary/aromatic N) is 4. The Hall–Kier alpha value is -3.13. The number of benzene rings is 1. The Balaban J connectivity index is 1.53. The maximum Gasteiger partial charge on any atom is 0.338 e. The molecule has 0 bridgehead atoms. The van der Waals surface area contributed by atoms with E-state index >= 15 is 0 Å². The molecule has 3 heterocycles. The summed E-state index contributed by atoms with van der Waals surface area (Å²) < 4.78 is 11.1. The molecule has 0 radical (unpaired) electrons. The third kappa shape index (κ3) is 3.43. The highest BCUT2D eigenvalue weighted by molar-refractivity contribution is 7.13. The highest BCUT2D eigenvalue weighted by Crippen LogP contribution is 2.26. The molecular formula is C19H16N4O3S. The average molecular weight is 380 g/mol. The van der Waals surface area contributed by atoms with Crippen LogP contribution in [-0.2, 0) is 4.74 Å². The van der Waals surface area contributed by atoms with Gasteiger partial charge in [0.25, 0.3) is 11.8 Å². The fourth-order valence-electron chi connectivity index (χ4n) is 2.54. The molecule has 4 rings (SSSR count). The second-order valence-corrected chi connectivity index (χ2v) is 7.02. The lowest BCUT2D eigenvalue weighted by Gasteiger charge is -2.10. The van der Waals surface area contributed by atoms with Crippen molar-refractivity contribution < 1.29 is 13.9 Å². The lowest BCUT2D eigenvalue weighted by Crippen LogP contribution is -2.10. The van der Waals surface area contributed by atoms with Gasteiger partial charge in [-0.15, -0.1) is 21.5 Å². The molecule has 1 unspecified atom stereocenters. The molecule has 1 aromatic carbocycles. The minimum absolute atomic E-state index is 0.249. The molecule has 8 heteroatoms. The number of rotatable bonds is 4. The maximum absolute atomic E-state index is 12.5. The Morgan fingerprint density at radius 2 is 1.89 bits per heavy atom. The summed E-state index contributed by atoms with van der Waals surface area (Å²) in [5.74, 6) is 0.175. The van der Waals surface area contributed by atoms with Crippen molar-refractivity contribution in [2.75, 3.05) is 0 Å². The fraction of sp³-hybridized carbons (Fsp3) is 0.211. The molecule has 0 amide bonds. The largest absolute Gasteiger partial charge is 0.449 e. The van der Waals surface area contributed by atoms with Crippen molar-refractivity contribution in [3.8, 4) is 10.8 Å². The lowest BCUT2D eigenvalue weighted by molar-refractivity contribution is 0.0280. The van der Waals surface area contributed by atoms with Gasteiger partial charge < -0.3 is 9.15 Å². The first-order chi connectivity index (χ1) is 13.0. The number of hydrogen-bond donors (Lipinski definition) is 0. The highest BCUT2D eigenvalue weighted by Gasteiger charge is 2.20. The van der Waals surface area contributed by atoms with Crippen molar-refractivity contribution in [3.05, 3.63) is 58.6 Å². The van der Waals surface area contributed by atoms with Gasteiger partial charge in [-0.1, -0.05) is 6.07 Å². The van der Waals surface area contributed by atoms with Crippen molar-refractivity contribution in [2.45, 2.75) is 26.9 Å². The van der Waals surface area contributed by atoms with Crippen molar-refractivity contribution in [2.24, 2.45) is 0 Å². The summed E-state index contributed by atoms with van der Waals surface area (Å²) in [5, 5.41) is 9.91. The molecule has 1 atom stereocenters. The molecule has 3 aromatic heterocycles. The van der Waals surface area contributed by atoms with E-state index in [1.54, 1.807) is 25.1 Å². The second-order valence-electron chi connectivity index (χ2n) is 6.07. The average Bonchev–Trinajstić information content (AvgIpc) is 3.33. The summed E-state index contributed by atoms with van der Waals surface area (Å²) in [6.45, 7) is 5.48. The summed E-state index contributed by atoms with van der Waals surface area (Å²) >= 11 is 1.50. The Morgan fingerprint density at radius 3 is 2.63 bits per heavy atom. The van der Waals surface area contributed by atoms with Crippen LogP contribution in [0, 0.1) is 13.8 Å². The van der Waals surface area contributed by atoms with Crippen LogP contribution in [0.2, 0.25) is 0 Å². The van der Waals surface area contributed by atoms with Crippen LogP contribution < -0.4 is 0 Å². The predicted octanol–water partition coefficient (Wildman–Crippen LogP) is 4.28. The van der Waals surface area contributed by atoms with E-state index in [1.165, 1.54) is 11.3 Å². The number of aromatic nitrogens is 4. The van der Waals surface area contributed by atoms with Crippen LogP contribution in [0.15, 0.2) is 40.1 Å². The summed E-state index contributed by atoms with van der Waals surface area (Å²) in [5.41, 5.74) is 3.47. The van der Waals surface area contributed by atoms with Gasteiger partial charge in [0.1, 0.15) is 0 Å². The van der Waals surface area contributed by atoms with Crippen LogP contribution in [0.4, 0.5) is 0 Å². The molecule has 0 saturated heterocycles. The van der Waals surface area contributed by atoms with Gasteiger partial charge in [0.2, 0.25) is 0 Å². The minimum atomic E-state index is -0.666. The maximum atomic E-state index is 12.5. The standard InChI is InChI=1S/C19H16N4O3S/c1-10-11(2)21-15-9-13(6-7-14(15)20-10)19(24)25-12(3)17-22-23-18(26-17)16-5-4-8-27-16/h4-9,12H,1-3H3. The van der Waals surface area contributed by atoms with Gasteiger partial charge in [0, 0.05) is 0 Å². The first kappa shape index (κ1) is 17.3. The van der Waals surface area contributed by atoms with Gasteiger partial charge in [0.05, 0.1) is 32.9 Å². The first-order valence-electron chi connectivity index (χ1n) is 8.34.